The zero-order chi connectivity index (χ0) is 14.8. The summed E-state index contributed by atoms with van der Waals surface area (Å²) in [6.07, 6.45) is -0.540. The highest BCUT2D eigenvalue weighted by Gasteiger charge is 2.08. The van der Waals surface area contributed by atoms with Crippen LogP contribution in [0, 0.1) is 11.8 Å². The van der Waals surface area contributed by atoms with E-state index in [1.807, 2.05) is 30.3 Å². The molecule has 0 aliphatic rings. The maximum absolute atomic E-state index is 11.3. The first kappa shape index (κ1) is 15.5. The van der Waals surface area contributed by atoms with Crippen molar-refractivity contribution in [2.45, 2.75) is 19.1 Å². The average Bonchev–Trinajstić information content (AvgIpc) is 2.45. The third kappa shape index (κ3) is 6.42. The summed E-state index contributed by atoms with van der Waals surface area (Å²) in [5, 5.41) is 11.0. The third-order valence-corrected chi connectivity index (χ3v) is 2.30. The third-order valence-electron chi connectivity index (χ3n) is 2.30. The molecule has 1 amide bonds. The van der Waals surface area contributed by atoms with Crippen molar-refractivity contribution in [3.63, 3.8) is 0 Å². The fraction of sp³-hybridized carbons (Fsp3) is 0.286. The molecule has 6 heteroatoms. The van der Waals surface area contributed by atoms with Crippen LogP contribution >= 0.6 is 0 Å². The number of ether oxygens (including phenoxy) is 1. The summed E-state index contributed by atoms with van der Waals surface area (Å²) in [7, 11) is 0. The lowest BCUT2D eigenvalue weighted by molar-refractivity contribution is -0.138. The molecule has 106 valence electrons. The van der Waals surface area contributed by atoms with Crippen LogP contribution in [0.5, 0.6) is 0 Å². The number of nitrogens with two attached hydrogens (primary N) is 1. The molecule has 0 saturated heterocycles. The second-order valence-corrected chi connectivity index (χ2v) is 3.92. The maximum Gasteiger partial charge on any atom is 0.408 e. The van der Waals surface area contributed by atoms with Crippen molar-refractivity contribution in [1.82, 2.24) is 5.32 Å². The highest BCUT2D eigenvalue weighted by molar-refractivity contribution is 5.73. The molecule has 0 aliphatic heterocycles. The molecule has 6 nitrogen and oxygen atoms in total. The van der Waals surface area contributed by atoms with E-state index in [2.05, 4.69) is 17.2 Å². The number of rotatable bonds is 5. The van der Waals surface area contributed by atoms with Gasteiger partial charge in [-0.05, 0) is 5.56 Å². The fourth-order valence-electron chi connectivity index (χ4n) is 1.22. The number of amides is 1. The smallest absolute Gasteiger partial charge is 0.408 e. The first-order valence-electron chi connectivity index (χ1n) is 5.98. The summed E-state index contributed by atoms with van der Waals surface area (Å²) in [5.41, 5.74) is 6.15. The second kappa shape index (κ2) is 8.56. The highest BCUT2D eigenvalue weighted by atomic mass is 16.5. The zero-order valence-electron chi connectivity index (χ0n) is 10.8. The largest absolute Gasteiger partial charge is 0.480 e. The Kier molecular flexibility index (Phi) is 6.65. The second-order valence-electron chi connectivity index (χ2n) is 3.92. The Balaban J connectivity index is 2.18. The summed E-state index contributed by atoms with van der Waals surface area (Å²) < 4.78 is 4.96. The van der Waals surface area contributed by atoms with Crippen molar-refractivity contribution in [3.8, 4) is 11.8 Å². The van der Waals surface area contributed by atoms with Crippen LogP contribution in [0.3, 0.4) is 0 Å². The van der Waals surface area contributed by atoms with Crippen molar-refractivity contribution in [2.75, 3.05) is 6.54 Å². The van der Waals surface area contributed by atoms with Crippen molar-refractivity contribution in [3.05, 3.63) is 35.9 Å². The van der Waals surface area contributed by atoms with Crippen LogP contribution in [0.1, 0.15) is 12.0 Å². The number of carboxylic acid groups (broad SMARTS) is 1. The molecule has 0 bridgehead atoms. The molecule has 0 aliphatic carbocycles. The van der Waals surface area contributed by atoms with Crippen LogP contribution in [0.15, 0.2) is 30.3 Å². The van der Waals surface area contributed by atoms with Crippen LogP contribution in [0.4, 0.5) is 4.79 Å². The van der Waals surface area contributed by atoms with E-state index in [0.717, 1.165) is 5.56 Å². The number of hydrogen-bond acceptors (Lipinski definition) is 4. The van der Waals surface area contributed by atoms with Crippen molar-refractivity contribution in [1.29, 1.82) is 0 Å². The Labute approximate surface area is 116 Å². The number of benzene rings is 1. The van der Waals surface area contributed by atoms with Crippen LogP contribution in [0.2, 0.25) is 0 Å². The standard InChI is InChI=1S/C14H16N2O4/c15-12(13(17)18)8-4-5-9-16-14(19)20-10-11-6-2-1-3-7-11/h1-3,6-7,12H,8-10,15H2,(H,16,19)(H,17,18). The molecule has 0 spiro atoms. The molecule has 0 heterocycles. The van der Waals surface area contributed by atoms with Gasteiger partial charge in [-0.25, -0.2) is 4.79 Å². The van der Waals surface area contributed by atoms with Gasteiger partial charge in [-0.1, -0.05) is 42.2 Å². The quantitative estimate of drug-likeness (QED) is 0.688. The summed E-state index contributed by atoms with van der Waals surface area (Å²) in [4.78, 5) is 21.7. The minimum atomic E-state index is -1.10. The van der Waals surface area contributed by atoms with Crippen molar-refractivity contribution < 1.29 is 19.4 Å². The monoisotopic (exact) mass is 276 g/mol. The molecule has 0 saturated carbocycles. The molecule has 1 aromatic carbocycles. The Morgan fingerprint density at radius 2 is 2.00 bits per heavy atom. The number of carbonyl (C=O) groups excluding carboxylic acids is 1. The maximum atomic E-state index is 11.3. The lowest BCUT2D eigenvalue weighted by Gasteiger charge is -2.04. The van der Waals surface area contributed by atoms with Gasteiger partial charge in [0.15, 0.2) is 0 Å². The predicted octanol–water partition coefficient (Wildman–Crippen LogP) is 0.718. The Bertz CT molecular complexity index is 505. The summed E-state index contributed by atoms with van der Waals surface area (Å²) >= 11 is 0. The van der Waals surface area contributed by atoms with Crippen molar-refractivity contribution >= 4 is 12.1 Å². The molecule has 0 radical (unpaired) electrons. The highest BCUT2D eigenvalue weighted by Crippen LogP contribution is 2.00. The van der Waals surface area contributed by atoms with Crippen molar-refractivity contribution in [2.24, 2.45) is 5.73 Å². The molecule has 0 aromatic heterocycles. The molecule has 1 aromatic rings. The van der Waals surface area contributed by atoms with E-state index in [-0.39, 0.29) is 19.6 Å². The van der Waals surface area contributed by atoms with Gasteiger partial charge >= 0.3 is 12.1 Å². The molecular formula is C14H16N2O4. The zero-order valence-corrected chi connectivity index (χ0v) is 10.8. The average molecular weight is 276 g/mol. The predicted molar refractivity (Wildman–Crippen MR) is 72.6 cm³/mol. The molecular weight excluding hydrogens is 260 g/mol. The molecule has 1 atom stereocenters. The molecule has 4 N–H and O–H groups in total. The van der Waals surface area contributed by atoms with Gasteiger partial charge in [-0.2, -0.15) is 0 Å². The van der Waals surface area contributed by atoms with E-state index >= 15 is 0 Å². The van der Waals surface area contributed by atoms with Gasteiger partial charge in [0.2, 0.25) is 0 Å². The number of alkyl carbamates (subject to hydrolysis) is 1. The first-order chi connectivity index (χ1) is 9.59. The van der Waals surface area contributed by atoms with Gasteiger partial charge in [0.25, 0.3) is 0 Å². The summed E-state index contributed by atoms with van der Waals surface area (Å²) in [5.74, 6) is 4.06. The molecule has 1 rings (SSSR count). The van der Waals surface area contributed by atoms with E-state index in [4.69, 9.17) is 15.6 Å². The van der Waals surface area contributed by atoms with E-state index < -0.39 is 18.1 Å². The van der Waals surface area contributed by atoms with Crippen LogP contribution in [0.25, 0.3) is 0 Å². The summed E-state index contributed by atoms with van der Waals surface area (Å²) in [6.45, 7) is 0.268. The van der Waals surface area contributed by atoms with E-state index in [1.165, 1.54) is 0 Å². The lowest BCUT2D eigenvalue weighted by Crippen LogP contribution is -2.29. The van der Waals surface area contributed by atoms with E-state index in [1.54, 1.807) is 0 Å². The number of carboxylic acids is 1. The van der Waals surface area contributed by atoms with Crippen LogP contribution < -0.4 is 11.1 Å². The molecule has 20 heavy (non-hydrogen) atoms. The lowest BCUT2D eigenvalue weighted by atomic mass is 10.2. The number of aliphatic carboxylic acids is 1. The van der Waals surface area contributed by atoms with Gasteiger partial charge < -0.3 is 20.9 Å². The SMILES string of the molecule is NC(CC#CCNC(=O)OCc1ccccc1)C(=O)O. The van der Waals surface area contributed by atoms with Gasteiger partial charge in [0.05, 0.1) is 6.54 Å². The topological polar surface area (TPSA) is 102 Å². The van der Waals surface area contributed by atoms with Gasteiger partial charge in [-0.3, -0.25) is 4.79 Å². The summed E-state index contributed by atoms with van der Waals surface area (Å²) in [6, 6.07) is 8.27. The molecule has 1 unspecified atom stereocenters. The van der Waals surface area contributed by atoms with Gasteiger partial charge in [0.1, 0.15) is 12.6 Å². The minimum absolute atomic E-state index is 0.0378. The van der Waals surface area contributed by atoms with Gasteiger partial charge in [-0.15, -0.1) is 0 Å². The Morgan fingerprint density at radius 3 is 2.65 bits per heavy atom. The fourth-order valence-corrected chi connectivity index (χ4v) is 1.22. The number of carbonyl (C=O) groups is 2. The first-order valence-corrected chi connectivity index (χ1v) is 5.98. The van der Waals surface area contributed by atoms with E-state index in [0.29, 0.717) is 0 Å². The number of hydrogen-bond donors (Lipinski definition) is 3. The van der Waals surface area contributed by atoms with Gasteiger partial charge in [0, 0.05) is 6.42 Å². The Hall–Kier alpha value is -2.52. The molecule has 0 fully saturated rings. The minimum Gasteiger partial charge on any atom is -0.480 e. The van der Waals surface area contributed by atoms with Crippen LogP contribution in [-0.4, -0.2) is 29.8 Å². The number of nitrogens with one attached hydrogen (secondary N) is 1. The van der Waals surface area contributed by atoms with E-state index in [9.17, 15) is 9.59 Å². The Morgan fingerprint density at radius 1 is 1.30 bits per heavy atom. The van der Waals surface area contributed by atoms with Crippen LogP contribution in [-0.2, 0) is 16.1 Å². The normalized spacial score (nSPS) is 10.8.